The number of anilines is 1. The topological polar surface area (TPSA) is 135 Å². The summed E-state index contributed by atoms with van der Waals surface area (Å²) in [5.74, 6) is -0.910. The molecule has 0 fully saturated rings. The fraction of sp³-hybridized carbons (Fsp3) is 0.211. The molecule has 2 aromatic carbocycles. The van der Waals surface area contributed by atoms with Gasteiger partial charge in [-0.3, -0.25) is 9.59 Å². The number of benzene rings is 2. The van der Waals surface area contributed by atoms with Gasteiger partial charge >= 0.3 is 0 Å². The number of H-pyrrole nitrogens is 1. The van der Waals surface area contributed by atoms with Crippen molar-refractivity contribution >= 4 is 28.3 Å². The molecule has 27 heavy (non-hydrogen) atoms. The Morgan fingerprint density at radius 1 is 1.15 bits per heavy atom. The third kappa shape index (κ3) is 4.69. The van der Waals surface area contributed by atoms with Gasteiger partial charge in [0.2, 0.25) is 5.91 Å². The molecule has 8 nitrogen and oxygen atoms in total. The van der Waals surface area contributed by atoms with Gasteiger partial charge in [-0.15, -0.1) is 0 Å². The van der Waals surface area contributed by atoms with Gasteiger partial charge in [-0.25, -0.2) is 4.98 Å². The second-order valence-corrected chi connectivity index (χ2v) is 6.27. The number of hydrogen-bond donors (Lipinski definition) is 5. The highest BCUT2D eigenvalue weighted by atomic mass is 16.3. The Labute approximate surface area is 155 Å². The van der Waals surface area contributed by atoms with Crippen LogP contribution in [0.25, 0.3) is 10.8 Å². The summed E-state index contributed by atoms with van der Waals surface area (Å²) in [6, 6.07) is 11.6. The number of imidazole rings is 1. The van der Waals surface area contributed by atoms with E-state index >= 15 is 0 Å². The van der Waals surface area contributed by atoms with Gasteiger partial charge in [-0.05, 0) is 22.9 Å². The SMILES string of the molecule is [NH3+][C@@H](Cc1cnc[nH]1)C(=O)N[C@@H](CO)C(=O)Nc1ccc2ccccc2c1. The van der Waals surface area contributed by atoms with Crippen molar-refractivity contribution < 1.29 is 20.4 Å². The van der Waals surface area contributed by atoms with E-state index in [0.717, 1.165) is 16.5 Å². The first-order chi connectivity index (χ1) is 13.1. The van der Waals surface area contributed by atoms with E-state index in [2.05, 4.69) is 26.3 Å². The van der Waals surface area contributed by atoms with Crippen LogP contribution in [0.3, 0.4) is 0 Å². The molecule has 3 aromatic rings. The van der Waals surface area contributed by atoms with Crippen molar-refractivity contribution in [3.63, 3.8) is 0 Å². The summed E-state index contributed by atoms with van der Waals surface area (Å²) in [6.07, 6.45) is 3.49. The molecular formula is C19H22N5O3+. The van der Waals surface area contributed by atoms with Crippen LogP contribution in [0, 0.1) is 0 Å². The predicted molar refractivity (Wildman–Crippen MR) is 101 cm³/mol. The second-order valence-electron chi connectivity index (χ2n) is 6.27. The van der Waals surface area contributed by atoms with Gasteiger partial charge in [-0.1, -0.05) is 30.3 Å². The molecular weight excluding hydrogens is 346 g/mol. The molecule has 2 atom stereocenters. The quantitative estimate of drug-likeness (QED) is 0.396. The molecule has 0 saturated heterocycles. The number of quaternary nitrogens is 1. The van der Waals surface area contributed by atoms with Crippen molar-refractivity contribution in [3.8, 4) is 0 Å². The Kier molecular flexibility index (Phi) is 5.80. The molecule has 3 rings (SSSR count). The molecule has 0 radical (unpaired) electrons. The number of carbonyl (C=O) groups excluding carboxylic acids is 2. The number of aromatic amines is 1. The summed E-state index contributed by atoms with van der Waals surface area (Å²) < 4.78 is 0. The fourth-order valence-corrected chi connectivity index (χ4v) is 2.73. The molecule has 2 amide bonds. The van der Waals surface area contributed by atoms with Crippen LogP contribution in [-0.4, -0.2) is 45.6 Å². The third-order valence-corrected chi connectivity index (χ3v) is 4.22. The number of aliphatic hydroxyl groups excluding tert-OH is 1. The zero-order valence-electron chi connectivity index (χ0n) is 14.7. The zero-order valence-corrected chi connectivity index (χ0v) is 14.7. The Morgan fingerprint density at radius 3 is 2.63 bits per heavy atom. The minimum Gasteiger partial charge on any atom is -0.394 e. The lowest BCUT2D eigenvalue weighted by molar-refractivity contribution is -0.403. The maximum absolute atomic E-state index is 12.4. The summed E-state index contributed by atoms with van der Waals surface area (Å²) in [5.41, 5.74) is 5.17. The third-order valence-electron chi connectivity index (χ3n) is 4.22. The van der Waals surface area contributed by atoms with Crippen LogP contribution in [0.5, 0.6) is 0 Å². The van der Waals surface area contributed by atoms with E-state index in [-0.39, 0.29) is 0 Å². The van der Waals surface area contributed by atoms with Crippen LogP contribution < -0.4 is 16.4 Å². The molecule has 0 unspecified atom stereocenters. The van der Waals surface area contributed by atoms with Crippen LogP contribution in [0.4, 0.5) is 5.69 Å². The second kappa shape index (κ2) is 8.43. The molecule has 0 bridgehead atoms. The molecule has 0 spiro atoms. The molecule has 8 heteroatoms. The lowest BCUT2D eigenvalue weighted by Crippen LogP contribution is -2.69. The first kappa shape index (κ1) is 18.6. The normalized spacial score (nSPS) is 13.1. The summed E-state index contributed by atoms with van der Waals surface area (Å²) in [6.45, 7) is -0.512. The Balaban J connectivity index is 1.61. The van der Waals surface area contributed by atoms with E-state index in [1.54, 1.807) is 12.3 Å². The van der Waals surface area contributed by atoms with Gasteiger partial charge < -0.3 is 26.5 Å². The summed E-state index contributed by atoms with van der Waals surface area (Å²) >= 11 is 0. The maximum Gasteiger partial charge on any atom is 0.279 e. The Bertz CT molecular complexity index is 926. The molecule has 7 N–H and O–H groups in total. The number of nitrogens with zero attached hydrogens (tertiary/aromatic N) is 1. The monoisotopic (exact) mass is 368 g/mol. The van der Waals surface area contributed by atoms with Crippen LogP contribution in [0.15, 0.2) is 55.0 Å². The van der Waals surface area contributed by atoms with Crippen LogP contribution in [-0.2, 0) is 16.0 Å². The largest absolute Gasteiger partial charge is 0.394 e. The molecule has 0 aliphatic carbocycles. The number of amides is 2. The van der Waals surface area contributed by atoms with Gasteiger partial charge in [0.1, 0.15) is 6.04 Å². The lowest BCUT2D eigenvalue weighted by Gasteiger charge is -2.17. The Morgan fingerprint density at radius 2 is 1.93 bits per heavy atom. The maximum atomic E-state index is 12.4. The molecule has 1 heterocycles. The van der Waals surface area contributed by atoms with Gasteiger partial charge in [0.25, 0.3) is 5.91 Å². The van der Waals surface area contributed by atoms with Crippen LogP contribution in [0.2, 0.25) is 0 Å². The zero-order chi connectivity index (χ0) is 19.2. The van der Waals surface area contributed by atoms with Crippen molar-refractivity contribution in [2.24, 2.45) is 0 Å². The van der Waals surface area contributed by atoms with E-state index in [1.807, 2.05) is 36.4 Å². The molecule has 0 saturated carbocycles. The molecule has 140 valence electrons. The highest BCUT2D eigenvalue weighted by Crippen LogP contribution is 2.18. The number of carbonyl (C=O) groups is 2. The van der Waals surface area contributed by atoms with E-state index in [9.17, 15) is 14.7 Å². The Hall–Kier alpha value is -3.23. The molecule has 1 aromatic heterocycles. The van der Waals surface area contributed by atoms with Crippen LogP contribution in [0.1, 0.15) is 5.69 Å². The minimum atomic E-state index is -1.06. The average Bonchev–Trinajstić information content (AvgIpc) is 3.18. The number of hydrogen-bond acceptors (Lipinski definition) is 4. The minimum absolute atomic E-state index is 0.357. The predicted octanol–water partition coefficient (Wildman–Crippen LogP) is -0.168. The highest BCUT2D eigenvalue weighted by Gasteiger charge is 2.25. The number of nitrogens with one attached hydrogen (secondary N) is 3. The van der Waals surface area contributed by atoms with Gasteiger partial charge in [0.05, 0.1) is 19.4 Å². The van der Waals surface area contributed by atoms with Crippen molar-refractivity contribution in [1.29, 1.82) is 0 Å². The summed E-state index contributed by atoms with van der Waals surface area (Å²) in [7, 11) is 0. The van der Waals surface area contributed by atoms with Crippen molar-refractivity contribution in [1.82, 2.24) is 15.3 Å². The number of rotatable bonds is 7. The van der Waals surface area contributed by atoms with Gasteiger partial charge in [-0.2, -0.15) is 0 Å². The van der Waals surface area contributed by atoms with E-state index in [1.165, 1.54) is 6.33 Å². The van der Waals surface area contributed by atoms with Crippen molar-refractivity contribution in [2.75, 3.05) is 11.9 Å². The molecule has 0 aliphatic heterocycles. The number of fused-ring (bicyclic) bond motifs is 1. The first-order valence-corrected chi connectivity index (χ1v) is 8.58. The summed E-state index contributed by atoms with van der Waals surface area (Å²) in [4.78, 5) is 31.5. The summed E-state index contributed by atoms with van der Waals surface area (Å²) in [5, 5.41) is 16.8. The van der Waals surface area contributed by atoms with Crippen molar-refractivity contribution in [3.05, 3.63) is 60.7 Å². The lowest BCUT2D eigenvalue weighted by atomic mass is 10.1. The number of aliphatic hydroxyl groups is 1. The van der Waals surface area contributed by atoms with E-state index < -0.39 is 30.5 Å². The van der Waals surface area contributed by atoms with Gasteiger partial charge in [0.15, 0.2) is 6.04 Å². The van der Waals surface area contributed by atoms with Gasteiger partial charge in [0, 0.05) is 17.6 Å². The number of aromatic nitrogens is 2. The fourth-order valence-electron chi connectivity index (χ4n) is 2.73. The first-order valence-electron chi connectivity index (χ1n) is 8.58. The average molecular weight is 368 g/mol. The van der Waals surface area contributed by atoms with Crippen LogP contribution >= 0.6 is 0 Å². The standard InChI is InChI=1S/C19H21N5O3/c20-16(8-15-9-21-11-22-15)18(26)24-17(10-25)19(27)23-14-6-5-12-3-1-2-4-13(12)7-14/h1-7,9,11,16-17,25H,8,10,20H2,(H,21,22)(H,23,27)(H,24,26)/p+1/t16-,17-/m0/s1. The molecule has 0 aliphatic rings. The van der Waals surface area contributed by atoms with E-state index in [0.29, 0.717) is 12.1 Å². The van der Waals surface area contributed by atoms with Crippen molar-refractivity contribution in [2.45, 2.75) is 18.5 Å². The smallest absolute Gasteiger partial charge is 0.279 e. The van der Waals surface area contributed by atoms with E-state index in [4.69, 9.17) is 0 Å². The highest BCUT2D eigenvalue weighted by molar-refractivity contribution is 5.99.